The summed E-state index contributed by atoms with van der Waals surface area (Å²) >= 11 is 0. The minimum absolute atomic E-state index is 0.965. The van der Waals surface area contributed by atoms with Crippen LogP contribution in [0.1, 0.15) is 0 Å². The molecule has 0 aliphatic rings. The van der Waals surface area contributed by atoms with Crippen LogP contribution in [0.4, 0.5) is 0 Å². The van der Waals surface area contributed by atoms with E-state index in [0.29, 0.717) is 0 Å². The normalized spacial score (nSPS) is 11.5. The predicted octanol–water partition coefficient (Wildman–Crippen LogP) is 14.0. The summed E-state index contributed by atoms with van der Waals surface area (Å²) in [6.07, 6.45) is 0. The zero-order chi connectivity index (χ0) is 34.4. The van der Waals surface area contributed by atoms with Crippen molar-refractivity contribution in [2.24, 2.45) is 0 Å². The van der Waals surface area contributed by atoms with E-state index in [2.05, 4.69) is 200 Å². The molecule has 0 saturated heterocycles. The summed E-state index contributed by atoms with van der Waals surface area (Å²) in [6.45, 7) is 0. The maximum atomic E-state index is 5.17. The Morgan fingerprint density at radius 1 is 0.231 bits per heavy atom. The second kappa shape index (κ2) is 12.5. The van der Waals surface area contributed by atoms with E-state index in [1.807, 2.05) is 0 Å². The van der Waals surface area contributed by atoms with Crippen molar-refractivity contribution in [1.82, 2.24) is 4.98 Å². The molecule has 1 heteroatoms. The molecule has 0 aliphatic carbocycles. The monoisotopic (exact) mass is 659 g/mol. The Bertz CT molecular complexity index is 2900. The summed E-state index contributed by atoms with van der Waals surface area (Å²) in [5.74, 6) is 0. The van der Waals surface area contributed by atoms with E-state index in [1.54, 1.807) is 0 Å². The molecule has 10 aromatic rings. The first kappa shape index (κ1) is 30.0. The molecule has 0 fully saturated rings. The van der Waals surface area contributed by atoms with Crippen LogP contribution in [0, 0.1) is 0 Å². The SMILES string of the molecule is c1ccc(-c2ccc(-c3cc(-c4cccc(-c5cccc(-c6ccc7c8ccccc8c8ccccc8c7c6)c5)c4)nc4ccccc34)cc2)cc1. The fourth-order valence-corrected chi connectivity index (χ4v) is 7.86. The first-order chi connectivity index (χ1) is 25.8. The summed E-state index contributed by atoms with van der Waals surface area (Å²) < 4.78 is 0. The van der Waals surface area contributed by atoms with Crippen LogP contribution in [0.3, 0.4) is 0 Å². The van der Waals surface area contributed by atoms with E-state index >= 15 is 0 Å². The first-order valence-electron chi connectivity index (χ1n) is 17.9. The fraction of sp³-hybridized carbons (Fsp3) is 0. The van der Waals surface area contributed by atoms with Gasteiger partial charge in [0.15, 0.2) is 0 Å². The van der Waals surface area contributed by atoms with Gasteiger partial charge in [-0.05, 0) is 107 Å². The van der Waals surface area contributed by atoms with Gasteiger partial charge in [-0.3, -0.25) is 0 Å². The Labute approximate surface area is 303 Å². The summed E-state index contributed by atoms with van der Waals surface area (Å²) in [6, 6.07) is 72.3. The highest BCUT2D eigenvalue weighted by Crippen LogP contribution is 2.39. The number of hydrogen-bond donors (Lipinski definition) is 0. The average molecular weight is 660 g/mol. The highest BCUT2D eigenvalue weighted by molar-refractivity contribution is 6.25. The molecule has 0 bridgehead atoms. The van der Waals surface area contributed by atoms with Crippen LogP contribution in [0.2, 0.25) is 0 Å². The van der Waals surface area contributed by atoms with Gasteiger partial charge in [0.05, 0.1) is 11.2 Å². The smallest absolute Gasteiger partial charge is 0.0716 e. The lowest BCUT2D eigenvalue weighted by Gasteiger charge is -2.13. The van der Waals surface area contributed by atoms with E-state index in [0.717, 1.165) is 22.2 Å². The van der Waals surface area contributed by atoms with Gasteiger partial charge in [0.2, 0.25) is 0 Å². The Morgan fingerprint density at radius 2 is 0.654 bits per heavy atom. The molecule has 1 heterocycles. The molecular weight excluding hydrogens is 627 g/mol. The molecule has 9 aromatic carbocycles. The van der Waals surface area contributed by atoms with Crippen molar-refractivity contribution in [1.29, 1.82) is 0 Å². The molecule has 0 unspecified atom stereocenters. The topological polar surface area (TPSA) is 12.9 Å². The fourth-order valence-electron chi connectivity index (χ4n) is 7.86. The van der Waals surface area contributed by atoms with Crippen LogP contribution in [0.15, 0.2) is 200 Å². The second-order valence-corrected chi connectivity index (χ2v) is 13.5. The maximum Gasteiger partial charge on any atom is 0.0716 e. The summed E-state index contributed by atoms with van der Waals surface area (Å²) in [7, 11) is 0. The second-order valence-electron chi connectivity index (χ2n) is 13.5. The molecule has 0 spiro atoms. The number of aromatic nitrogens is 1. The van der Waals surface area contributed by atoms with Crippen molar-refractivity contribution < 1.29 is 0 Å². The number of benzene rings is 9. The largest absolute Gasteiger partial charge is 0.248 e. The standard InChI is InChI=1S/C51H33N/c1-2-12-34(13-3-1)35-24-26-36(27-25-35)48-33-51(52-50-23-9-8-22-47(48)50)41-17-11-16-39(31-41)37-14-10-15-38(30-37)40-28-29-46-44-20-5-4-18-42(44)43-19-6-7-21-45(43)49(46)32-40/h1-33H. The quantitative estimate of drug-likeness (QED) is 0.168. The zero-order valence-electron chi connectivity index (χ0n) is 28.5. The molecule has 0 saturated carbocycles. The van der Waals surface area contributed by atoms with Crippen LogP contribution in [-0.4, -0.2) is 4.98 Å². The predicted molar refractivity (Wildman–Crippen MR) is 221 cm³/mol. The van der Waals surface area contributed by atoms with Gasteiger partial charge < -0.3 is 0 Å². The van der Waals surface area contributed by atoms with Gasteiger partial charge in [-0.1, -0.05) is 170 Å². The lowest BCUT2D eigenvalue weighted by atomic mass is 9.91. The van der Waals surface area contributed by atoms with E-state index in [-0.39, 0.29) is 0 Å². The Kier molecular flexibility index (Phi) is 7.22. The lowest BCUT2D eigenvalue weighted by Crippen LogP contribution is -1.91. The Morgan fingerprint density at radius 3 is 1.31 bits per heavy atom. The number of para-hydroxylation sites is 1. The van der Waals surface area contributed by atoms with Gasteiger partial charge in [0, 0.05) is 10.9 Å². The van der Waals surface area contributed by atoms with Gasteiger partial charge >= 0.3 is 0 Å². The molecule has 1 aromatic heterocycles. The number of fused-ring (bicyclic) bond motifs is 7. The summed E-state index contributed by atoms with van der Waals surface area (Å²) in [4.78, 5) is 5.17. The molecule has 10 rings (SSSR count). The van der Waals surface area contributed by atoms with Crippen molar-refractivity contribution in [3.8, 4) is 55.8 Å². The molecule has 0 N–H and O–H groups in total. The third-order valence-electron chi connectivity index (χ3n) is 10.5. The summed E-state index contributed by atoms with van der Waals surface area (Å²) in [5, 5.41) is 8.90. The number of hydrogen-bond acceptors (Lipinski definition) is 1. The minimum atomic E-state index is 0.965. The van der Waals surface area contributed by atoms with Gasteiger partial charge in [0.1, 0.15) is 0 Å². The number of rotatable bonds is 5. The van der Waals surface area contributed by atoms with Crippen molar-refractivity contribution >= 4 is 43.2 Å². The Hall–Kier alpha value is -6.83. The van der Waals surface area contributed by atoms with Crippen LogP contribution < -0.4 is 0 Å². The average Bonchev–Trinajstić information content (AvgIpc) is 3.23. The molecule has 242 valence electrons. The summed E-state index contributed by atoms with van der Waals surface area (Å²) in [5.41, 5.74) is 12.6. The highest BCUT2D eigenvalue weighted by Gasteiger charge is 2.13. The van der Waals surface area contributed by atoms with Crippen LogP contribution in [-0.2, 0) is 0 Å². The Balaban J connectivity index is 1.04. The molecule has 0 amide bonds. The first-order valence-corrected chi connectivity index (χ1v) is 17.9. The van der Waals surface area contributed by atoms with Crippen LogP contribution in [0.25, 0.3) is 99.0 Å². The molecule has 0 atom stereocenters. The van der Waals surface area contributed by atoms with E-state index in [9.17, 15) is 0 Å². The van der Waals surface area contributed by atoms with Crippen molar-refractivity contribution in [3.05, 3.63) is 200 Å². The lowest BCUT2D eigenvalue weighted by molar-refractivity contribution is 1.40. The maximum absolute atomic E-state index is 5.17. The van der Waals surface area contributed by atoms with Crippen molar-refractivity contribution in [2.75, 3.05) is 0 Å². The van der Waals surface area contributed by atoms with Crippen molar-refractivity contribution in [2.45, 2.75) is 0 Å². The van der Waals surface area contributed by atoms with E-state index in [4.69, 9.17) is 4.98 Å². The molecular formula is C51H33N. The number of pyridine rings is 1. The molecule has 1 nitrogen and oxygen atoms in total. The zero-order valence-corrected chi connectivity index (χ0v) is 28.5. The molecule has 0 aliphatic heterocycles. The number of nitrogens with zero attached hydrogens (tertiary/aromatic N) is 1. The molecule has 0 radical (unpaired) electrons. The van der Waals surface area contributed by atoms with E-state index < -0.39 is 0 Å². The third-order valence-corrected chi connectivity index (χ3v) is 10.5. The van der Waals surface area contributed by atoms with Crippen molar-refractivity contribution in [3.63, 3.8) is 0 Å². The third kappa shape index (κ3) is 5.23. The van der Waals surface area contributed by atoms with Gasteiger partial charge in [-0.15, -0.1) is 0 Å². The highest BCUT2D eigenvalue weighted by atomic mass is 14.7. The molecule has 52 heavy (non-hydrogen) atoms. The van der Waals surface area contributed by atoms with Gasteiger partial charge in [-0.2, -0.15) is 0 Å². The minimum Gasteiger partial charge on any atom is -0.248 e. The van der Waals surface area contributed by atoms with Crippen LogP contribution in [0.5, 0.6) is 0 Å². The van der Waals surface area contributed by atoms with Gasteiger partial charge in [-0.25, -0.2) is 4.98 Å². The van der Waals surface area contributed by atoms with Gasteiger partial charge in [0.25, 0.3) is 0 Å². The van der Waals surface area contributed by atoms with Crippen LogP contribution >= 0.6 is 0 Å². The van der Waals surface area contributed by atoms with E-state index in [1.165, 1.54) is 76.8 Å².